The Labute approximate surface area is 282 Å². The average Bonchev–Trinajstić information content (AvgIpc) is 2.84. The maximum absolute atomic E-state index is 15.8. The summed E-state index contributed by atoms with van der Waals surface area (Å²) in [6.45, 7) is 0. The van der Waals surface area contributed by atoms with Gasteiger partial charge in [0, 0.05) is 0 Å². The molecule has 0 nitrogen and oxygen atoms in total. The van der Waals surface area contributed by atoms with Gasteiger partial charge in [-0.2, -0.15) is 123 Å². The fourth-order valence-corrected chi connectivity index (χ4v) is 9.64. The molecule has 0 saturated carbocycles. The second-order valence-electron chi connectivity index (χ2n) is 9.94. The molecule has 0 heterocycles. The third-order valence-corrected chi connectivity index (χ3v) is 12.7. The van der Waals surface area contributed by atoms with Crippen molar-refractivity contribution in [3.05, 3.63) is 0 Å². The second kappa shape index (κ2) is 13.1. The van der Waals surface area contributed by atoms with Crippen LogP contribution in [0.15, 0.2) is 0 Å². The summed E-state index contributed by atoms with van der Waals surface area (Å²) < 4.78 is 491. The Bertz CT molecular complexity index is 1130. The molecule has 0 amide bonds. The van der Waals surface area contributed by atoms with Gasteiger partial charge in [0.1, 0.15) is 0 Å². The van der Waals surface area contributed by atoms with E-state index in [1.54, 1.807) is 0 Å². The zero-order valence-corrected chi connectivity index (χ0v) is 24.3. The zero-order chi connectivity index (χ0) is 44.5. The van der Waals surface area contributed by atoms with E-state index in [2.05, 4.69) is 0 Å². The molecule has 0 aliphatic rings. The Morgan fingerprint density at radius 1 is 0.167 bits per heavy atom. The van der Waals surface area contributed by atoms with Crippen molar-refractivity contribution in [1.82, 2.24) is 0 Å². The molecule has 0 aliphatic heterocycles. The fraction of sp³-hybridized carbons (Fsp3) is 1.00. The van der Waals surface area contributed by atoms with Crippen LogP contribution in [0.3, 0.4) is 0 Å². The third-order valence-electron chi connectivity index (χ3n) is 6.85. The number of rotatable bonds is 12. The molecule has 0 saturated heterocycles. The number of alkyl halides is 36. The minimum atomic E-state index is -15.8. The molecule has 0 unspecified atom stereocenters. The minimum Gasteiger partial charge on any atom is -0.253 e. The molecule has 0 bridgehead atoms. The maximum atomic E-state index is 15.0. The van der Waals surface area contributed by atoms with Gasteiger partial charge in [-0.3, -0.25) is 35.1 Å². The first-order valence-corrected chi connectivity index (χ1v) is 13.3. The van der Waals surface area contributed by atoms with Crippen LogP contribution >= 0.6 is 0 Å². The van der Waals surface area contributed by atoms with Crippen LogP contribution in [-0.2, 0) is 0 Å². The first-order valence-electron chi connectivity index (χ1n) is 11.0. The van der Waals surface area contributed by atoms with Crippen molar-refractivity contribution in [2.24, 2.45) is 0 Å². The van der Waals surface area contributed by atoms with Crippen LogP contribution in [0.25, 0.3) is 0 Å². The van der Waals surface area contributed by atoms with E-state index in [9.17, 15) is 123 Å². The van der Waals surface area contributed by atoms with Gasteiger partial charge in [-0.25, -0.2) is 0 Å². The average molecular weight is 910 g/mol. The predicted molar refractivity (Wildman–Crippen MR) is 89.3 cm³/mol. The fourth-order valence-electron chi connectivity index (χ4n) is 4.00. The summed E-state index contributed by atoms with van der Waals surface area (Å²) in [6, 6.07) is 0. The first kappa shape index (κ1) is 54.7. The Balaban J connectivity index is 0. The molecule has 0 aromatic rings. The van der Waals surface area contributed by atoms with E-state index >= 15 is 35.1 Å². The van der Waals surface area contributed by atoms with Crippen LogP contribution in [0.4, 0.5) is 158 Å². The van der Waals surface area contributed by atoms with Gasteiger partial charge in [0.25, 0.3) is 0 Å². The Morgan fingerprint density at radius 2 is 0.259 bits per heavy atom. The predicted octanol–water partition coefficient (Wildman–Crippen LogP) is 8.47. The Hall–Kier alpha value is -1.39. The molecule has 0 N–H and O–H groups in total. The number of hydrogen-bond donors (Lipinski definition) is 0. The molecule has 0 rings (SSSR count). The summed E-state index contributed by atoms with van der Waals surface area (Å²) in [7, 11) is 0. The first-order chi connectivity index (χ1) is 22.0. The number of hydrogen-bond acceptors (Lipinski definition) is 0. The smallest absolute Gasteiger partial charge is 0.253 e. The van der Waals surface area contributed by atoms with E-state index < -0.39 is 104 Å². The SMILES string of the molecule is FC(F)(F)C(F)(F)C(F)(F)[C](F)(F)[Al-]([C](F)(F)C(F)(F)C(F)(F)C(F)(F)F)([C](F)(F)C(F)(F)C(F)(F)C(F)(F)F)[C](F)(F)C(F)(F)C(F)(F)C(F)(F)F.[Li+]. The molecular weight excluding hydrogens is 910 g/mol. The van der Waals surface area contributed by atoms with E-state index in [1.165, 1.54) is 0 Å². The summed E-state index contributed by atoms with van der Waals surface area (Å²) in [4.78, 5) is -46.5. The molecule has 0 fully saturated rings. The van der Waals surface area contributed by atoms with Crippen LogP contribution in [0, 0.1) is 0 Å². The molecule has 0 spiro atoms. The molecule has 54 heavy (non-hydrogen) atoms. The van der Waals surface area contributed by atoms with Gasteiger partial charge in [0.15, 0.2) is 19.1 Å². The summed E-state index contributed by atoms with van der Waals surface area (Å²) in [6.07, 6.45) is -36.9. The molecule has 0 atom stereocenters. The van der Waals surface area contributed by atoms with Gasteiger partial charge >= 0.3 is 104 Å². The van der Waals surface area contributed by atoms with Gasteiger partial charge in [-0.15, -0.1) is 0 Å². The molecule has 0 radical (unpaired) electrons. The Kier molecular flexibility index (Phi) is 13.2. The molecular formula is C16AlF36Li. The molecule has 0 aromatic carbocycles. The summed E-state index contributed by atoms with van der Waals surface area (Å²) in [5.41, 5.74) is 0. The maximum Gasteiger partial charge on any atom is 1.00 e. The van der Waals surface area contributed by atoms with E-state index in [-0.39, 0.29) is 18.9 Å². The van der Waals surface area contributed by atoms with Gasteiger partial charge in [-0.05, 0) is 0 Å². The van der Waals surface area contributed by atoms with Crippen LogP contribution in [-0.4, -0.2) is 104 Å². The molecule has 320 valence electrons. The summed E-state index contributed by atoms with van der Waals surface area (Å²) in [5.74, 6) is -83.4. The van der Waals surface area contributed by atoms with Crippen molar-refractivity contribution in [3.63, 3.8) is 0 Å². The molecule has 0 aliphatic carbocycles. The monoisotopic (exact) mass is 910 g/mol. The van der Waals surface area contributed by atoms with Crippen LogP contribution < -0.4 is 18.9 Å². The van der Waals surface area contributed by atoms with E-state index in [0.717, 1.165) is 0 Å². The quantitative estimate of drug-likeness (QED) is 0.136. The topological polar surface area (TPSA) is 0 Å². The standard InChI is InChI=1S/4C4F9.Al.Li/c4*5-1(6)2(7,8)3(9,10)4(11,12)13;;/q;;;;-1;+1. The third kappa shape index (κ3) is 6.12. The van der Waals surface area contributed by atoms with Crippen molar-refractivity contribution < 1.29 is 177 Å². The van der Waals surface area contributed by atoms with Crippen molar-refractivity contribution in [3.8, 4) is 0 Å². The van der Waals surface area contributed by atoms with E-state index in [4.69, 9.17) is 0 Å². The Morgan fingerprint density at radius 3 is 0.333 bits per heavy atom. The van der Waals surface area contributed by atoms with Crippen LogP contribution in [0.1, 0.15) is 0 Å². The van der Waals surface area contributed by atoms with Crippen molar-refractivity contribution >= 4 is 13.1 Å². The van der Waals surface area contributed by atoms with Crippen molar-refractivity contribution in [2.45, 2.75) is 91.2 Å². The summed E-state index contributed by atoms with van der Waals surface area (Å²) in [5, 5.41) is 0. The number of halogens is 36. The minimum absolute atomic E-state index is 0. The van der Waals surface area contributed by atoms with Gasteiger partial charge in [0.2, 0.25) is 0 Å². The van der Waals surface area contributed by atoms with Gasteiger partial charge < -0.3 is 0 Å². The van der Waals surface area contributed by atoms with Crippen LogP contribution in [0.5, 0.6) is 0 Å². The summed E-state index contributed by atoms with van der Waals surface area (Å²) >= 11 is -15.8. The van der Waals surface area contributed by atoms with Gasteiger partial charge in [-0.1, -0.05) is 0 Å². The second-order valence-corrected chi connectivity index (χ2v) is 14.6. The molecule has 0 aromatic heterocycles. The van der Waals surface area contributed by atoms with Crippen molar-refractivity contribution in [1.29, 1.82) is 0 Å². The normalized spacial score (nSPS) is 17.1. The zero-order valence-electron chi connectivity index (χ0n) is 23.2. The van der Waals surface area contributed by atoms with Gasteiger partial charge in [0.05, 0.1) is 0 Å². The van der Waals surface area contributed by atoms with E-state index in [0.29, 0.717) is 0 Å². The van der Waals surface area contributed by atoms with Crippen LogP contribution in [0.2, 0.25) is 0 Å². The van der Waals surface area contributed by atoms with E-state index in [1.807, 2.05) is 0 Å². The molecule has 38 heteroatoms. The largest absolute Gasteiger partial charge is 1.00 e. The van der Waals surface area contributed by atoms with Crippen molar-refractivity contribution in [2.75, 3.05) is 0 Å².